The number of rotatable bonds is 7. The Bertz CT molecular complexity index is 1350. The van der Waals surface area contributed by atoms with Gasteiger partial charge in [0.05, 0.1) is 5.92 Å². The normalized spacial score (nSPS) is 21.1. The summed E-state index contributed by atoms with van der Waals surface area (Å²) in [7, 11) is 0. The molecule has 4 aliphatic rings. The number of hydrogen-bond acceptors (Lipinski definition) is 4. The molecule has 1 N–H and O–H groups in total. The average molecular weight is 665 g/mol. The molecular weight excluding hydrogens is 620 g/mol. The summed E-state index contributed by atoms with van der Waals surface area (Å²) in [4.78, 5) is 49.0. The lowest BCUT2D eigenvalue weighted by Crippen LogP contribution is -2.53. The van der Waals surface area contributed by atoms with Crippen molar-refractivity contribution in [3.8, 4) is 0 Å². The molecule has 235 valence electrons. The summed E-state index contributed by atoms with van der Waals surface area (Å²) in [6.45, 7) is 9.19. The minimum absolute atomic E-state index is 0.0380. The number of amides is 4. The summed E-state index contributed by atoms with van der Waals surface area (Å²) in [5.41, 5.74) is 4.20. The number of carbonyl (C=O) groups is 3. The minimum Gasteiger partial charge on any atom is -0.343 e. The van der Waals surface area contributed by atoms with Gasteiger partial charge in [-0.15, -0.1) is 0 Å². The summed E-state index contributed by atoms with van der Waals surface area (Å²) < 4.78 is 1.04. The molecule has 1 radical (unpaired) electrons. The maximum absolute atomic E-state index is 14.0. The Kier molecular flexibility index (Phi) is 9.88. The van der Waals surface area contributed by atoms with Gasteiger partial charge in [-0.05, 0) is 67.9 Å². The number of nitrogens with one attached hydrogen (secondary N) is 1. The van der Waals surface area contributed by atoms with Gasteiger partial charge in [-0.3, -0.25) is 14.5 Å². The molecule has 0 bridgehead atoms. The first-order valence-electron chi connectivity index (χ1n) is 16.2. The monoisotopic (exact) mass is 663 g/mol. The van der Waals surface area contributed by atoms with Crippen LogP contribution in [0.15, 0.2) is 46.9 Å². The Hall–Kier alpha value is -2.95. The molecule has 0 aromatic heterocycles. The second-order valence-corrected chi connectivity index (χ2v) is 13.6. The van der Waals surface area contributed by atoms with Crippen molar-refractivity contribution in [3.05, 3.63) is 63.6 Å². The fraction of sp³-hybridized carbons (Fsp3) is 0.559. The summed E-state index contributed by atoms with van der Waals surface area (Å²) in [5.74, 6) is -0.254. The number of aryl methyl sites for hydroxylation is 1. The highest BCUT2D eigenvalue weighted by Gasteiger charge is 2.36. The maximum Gasteiger partial charge on any atom is 0.322 e. The van der Waals surface area contributed by atoms with E-state index < -0.39 is 5.92 Å². The molecule has 44 heavy (non-hydrogen) atoms. The van der Waals surface area contributed by atoms with E-state index in [1.54, 1.807) is 0 Å². The van der Waals surface area contributed by atoms with Crippen LogP contribution in [0.2, 0.25) is 0 Å². The molecule has 6 rings (SSSR count). The van der Waals surface area contributed by atoms with Gasteiger partial charge in [-0.2, -0.15) is 0 Å². The molecular formula is C34H44BrN6O3. The number of para-hydroxylation sites is 1. The van der Waals surface area contributed by atoms with E-state index in [4.69, 9.17) is 0 Å². The molecule has 2 aromatic carbocycles. The molecule has 0 saturated carbocycles. The molecule has 4 aliphatic heterocycles. The van der Waals surface area contributed by atoms with Crippen LogP contribution in [-0.4, -0.2) is 102 Å². The molecule has 0 spiro atoms. The lowest BCUT2D eigenvalue weighted by atomic mass is 9.91. The zero-order valence-electron chi connectivity index (χ0n) is 25.7. The van der Waals surface area contributed by atoms with Crippen LogP contribution in [0, 0.1) is 12.8 Å². The van der Waals surface area contributed by atoms with Crippen molar-refractivity contribution in [3.63, 3.8) is 0 Å². The summed E-state index contributed by atoms with van der Waals surface area (Å²) >= 11 is 3.59. The van der Waals surface area contributed by atoms with Gasteiger partial charge in [0, 0.05) is 87.6 Å². The quantitative estimate of drug-likeness (QED) is 0.480. The van der Waals surface area contributed by atoms with Gasteiger partial charge >= 0.3 is 6.03 Å². The van der Waals surface area contributed by atoms with Crippen LogP contribution < -0.4 is 10.6 Å². The number of hydrogen-bond donors (Lipinski definition) is 1. The van der Waals surface area contributed by atoms with E-state index in [9.17, 15) is 14.4 Å². The van der Waals surface area contributed by atoms with E-state index in [0.717, 1.165) is 91.8 Å². The zero-order valence-corrected chi connectivity index (χ0v) is 27.3. The zero-order chi connectivity index (χ0) is 30.6. The number of carbonyl (C=O) groups excluding carboxylic acids is 3. The lowest BCUT2D eigenvalue weighted by Gasteiger charge is -2.41. The van der Waals surface area contributed by atoms with Crippen LogP contribution in [0.5, 0.6) is 0 Å². The third-order valence-corrected chi connectivity index (χ3v) is 10.9. The molecule has 3 saturated heterocycles. The van der Waals surface area contributed by atoms with E-state index in [1.165, 1.54) is 0 Å². The predicted octanol–water partition coefficient (Wildman–Crippen LogP) is 4.26. The van der Waals surface area contributed by atoms with Gasteiger partial charge in [-0.25, -0.2) is 10.1 Å². The first-order chi connectivity index (χ1) is 21.4. The second-order valence-electron chi connectivity index (χ2n) is 12.8. The topological polar surface area (TPSA) is 90.3 Å². The standard InChI is InChI=1S/C34H44BrN6O3/c1-24-20-25(6-7-30(24)35)21-27(33(43)40-16-8-28(9-17-40)38-18-12-36-13-19-38)22-32(42)39-14-10-29(11-15-39)41-23-26-4-2-3-5-31(26)37-34(41)44/h2-7,20,27-29H,8-19,21-23H2,1H3,(H,37,44). The first kappa shape index (κ1) is 31.0. The van der Waals surface area contributed by atoms with Crippen LogP contribution >= 0.6 is 15.9 Å². The smallest absolute Gasteiger partial charge is 0.322 e. The van der Waals surface area contributed by atoms with E-state index in [0.29, 0.717) is 32.1 Å². The molecule has 10 heteroatoms. The van der Waals surface area contributed by atoms with E-state index in [2.05, 4.69) is 56.6 Å². The first-order valence-corrected chi connectivity index (χ1v) is 17.0. The fourth-order valence-corrected chi connectivity index (χ4v) is 7.59. The van der Waals surface area contributed by atoms with Crippen LogP contribution in [0.25, 0.3) is 0 Å². The van der Waals surface area contributed by atoms with E-state index in [1.807, 2.05) is 39.0 Å². The van der Waals surface area contributed by atoms with Crippen LogP contribution in [0.1, 0.15) is 48.8 Å². The number of piperidine rings is 2. The maximum atomic E-state index is 14.0. The Labute approximate surface area is 269 Å². The van der Waals surface area contributed by atoms with Crippen molar-refractivity contribution >= 4 is 39.5 Å². The largest absolute Gasteiger partial charge is 0.343 e. The highest BCUT2D eigenvalue weighted by molar-refractivity contribution is 9.10. The number of halogens is 1. The van der Waals surface area contributed by atoms with E-state index in [-0.39, 0.29) is 30.3 Å². The van der Waals surface area contributed by atoms with Gasteiger partial charge in [0.15, 0.2) is 0 Å². The van der Waals surface area contributed by atoms with Crippen molar-refractivity contribution in [2.75, 3.05) is 57.7 Å². The Morgan fingerprint density at radius 1 is 0.932 bits per heavy atom. The van der Waals surface area contributed by atoms with Crippen molar-refractivity contribution < 1.29 is 14.4 Å². The molecule has 4 heterocycles. The SMILES string of the molecule is Cc1cc(CC(CC(=O)N2CCC(N3Cc4ccccc4NC3=O)CC2)C(=O)N2CCC(N3CC[N]CC3)CC2)ccc1Br. The second kappa shape index (κ2) is 14.0. The van der Waals surface area contributed by atoms with E-state index >= 15 is 0 Å². The molecule has 1 unspecified atom stereocenters. The Morgan fingerprint density at radius 2 is 1.61 bits per heavy atom. The minimum atomic E-state index is -0.393. The number of urea groups is 1. The van der Waals surface area contributed by atoms with Gasteiger partial charge in [0.25, 0.3) is 0 Å². The number of piperazine rings is 1. The molecule has 0 aliphatic carbocycles. The number of fused-ring (bicyclic) bond motifs is 1. The predicted molar refractivity (Wildman–Crippen MR) is 174 cm³/mol. The number of nitrogens with zero attached hydrogens (tertiary/aromatic N) is 5. The third kappa shape index (κ3) is 7.13. The Morgan fingerprint density at radius 3 is 2.34 bits per heavy atom. The summed E-state index contributed by atoms with van der Waals surface area (Å²) in [6, 6.07) is 14.7. The summed E-state index contributed by atoms with van der Waals surface area (Å²) in [5, 5.41) is 7.50. The number of anilines is 1. The molecule has 3 fully saturated rings. The highest BCUT2D eigenvalue weighted by atomic mass is 79.9. The Balaban J connectivity index is 1.08. The molecule has 9 nitrogen and oxygen atoms in total. The molecule has 4 amide bonds. The van der Waals surface area contributed by atoms with Crippen molar-refractivity contribution in [1.82, 2.24) is 24.9 Å². The van der Waals surface area contributed by atoms with Crippen molar-refractivity contribution in [1.29, 1.82) is 0 Å². The van der Waals surface area contributed by atoms with Gasteiger partial charge in [0.1, 0.15) is 0 Å². The van der Waals surface area contributed by atoms with Crippen molar-refractivity contribution in [2.24, 2.45) is 5.92 Å². The van der Waals surface area contributed by atoms with Gasteiger partial charge in [-0.1, -0.05) is 46.3 Å². The summed E-state index contributed by atoms with van der Waals surface area (Å²) in [6.07, 6.45) is 4.20. The molecule has 1 atom stereocenters. The molecule has 2 aromatic rings. The fourth-order valence-electron chi connectivity index (χ4n) is 7.35. The van der Waals surface area contributed by atoms with Crippen molar-refractivity contribution in [2.45, 2.75) is 64.1 Å². The number of likely N-dealkylation sites (tertiary alicyclic amines) is 2. The van der Waals surface area contributed by atoms with Gasteiger partial charge in [0.2, 0.25) is 11.8 Å². The highest BCUT2D eigenvalue weighted by Crippen LogP contribution is 2.29. The van der Waals surface area contributed by atoms with Crippen LogP contribution in [0.3, 0.4) is 0 Å². The average Bonchev–Trinajstić information content (AvgIpc) is 3.06. The third-order valence-electron chi connectivity index (χ3n) is 9.98. The van der Waals surface area contributed by atoms with Crippen LogP contribution in [0.4, 0.5) is 10.5 Å². The van der Waals surface area contributed by atoms with Crippen LogP contribution in [-0.2, 0) is 22.6 Å². The lowest BCUT2D eigenvalue weighted by molar-refractivity contribution is -0.143. The number of benzene rings is 2. The van der Waals surface area contributed by atoms with Gasteiger partial charge < -0.3 is 20.0 Å².